The van der Waals surface area contributed by atoms with Gasteiger partial charge in [-0.1, -0.05) is 18.2 Å². The summed E-state index contributed by atoms with van der Waals surface area (Å²) in [6.07, 6.45) is 0.991. The summed E-state index contributed by atoms with van der Waals surface area (Å²) in [6.45, 7) is 4.25. The van der Waals surface area contributed by atoms with E-state index in [2.05, 4.69) is 38.1 Å². The van der Waals surface area contributed by atoms with Gasteiger partial charge in [-0.15, -0.1) is 11.3 Å². The number of fused-ring (bicyclic) bond motifs is 1. The van der Waals surface area contributed by atoms with E-state index in [-0.39, 0.29) is 6.04 Å². The lowest BCUT2D eigenvalue weighted by Gasteiger charge is -2.02. The molecule has 2 heteroatoms. The average Bonchev–Trinajstić information content (AvgIpc) is 2.44. The fourth-order valence-electron chi connectivity index (χ4n) is 1.71. The second kappa shape index (κ2) is 3.71. The molecule has 14 heavy (non-hydrogen) atoms. The Bertz CT molecular complexity index is 443. The van der Waals surface area contributed by atoms with E-state index in [1.807, 2.05) is 11.3 Å². The van der Waals surface area contributed by atoms with E-state index in [9.17, 15) is 0 Å². The first-order valence-corrected chi connectivity index (χ1v) is 5.72. The van der Waals surface area contributed by atoms with Crippen LogP contribution in [0.25, 0.3) is 10.1 Å². The lowest BCUT2D eigenvalue weighted by molar-refractivity contribution is 0.744. The van der Waals surface area contributed by atoms with E-state index < -0.39 is 0 Å². The molecule has 2 rings (SSSR count). The van der Waals surface area contributed by atoms with Crippen molar-refractivity contribution in [2.24, 2.45) is 5.73 Å². The predicted molar refractivity (Wildman–Crippen MR) is 63.9 cm³/mol. The molecule has 2 aromatic rings. The van der Waals surface area contributed by atoms with Gasteiger partial charge in [0, 0.05) is 15.6 Å². The molecule has 0 saturated carbocycles. The van der Waals surface area contributed by atoms with Crippen LogP contribution in [0.5, 0.6) is 0 Å². The quantitative estimate of drug-likeness (QED) is 0.801. The third kappa shape index (κ3) is 1.68. The zero-order chi connectivity index (χ0) is 10.1. The molecule has 1 heterocycles. The van der Waals surface area contributed by atoms with Crippen molar-refractivity contribution in [3.8, 4) is 0 Å². The van der Waals surface area contributed by atoms with Crippen molar-refractivity contribution >= 4 is 21.4 Å². The third-order valence-corrected chi connectivity index (χ3v) is 3.75. The summed E-state index contributed by atoms with van der Waals surface area (Å²) in [5.41, 5.74) is 7.23. The van der Waals surface area contributed by atoms with Crippen molar-refractivity contribution in [1.82, 2.24) is 0 Å². The lowest BCUT2D eigenvalue weighted by atomic mass is 10.1. The molecule has 1 unspecified atom stereocenters. The summed E-state index contributed by atoms with van der Waals surface area (Å²) in [4.78, 5) is 1.43. The molecule has 0 saturated heterocycles. The molecule has 1 aromatic heterocycles. The standard InChI is InChI=1S/C12H15NS/c1-8(13)7-12-9(2)10-5-3-4-6-11(10)14-12/h3-6,8H,7,13H2,1-2H3. The van der Waals surface area contributed by atoms with Crippen LogP contribution < -0.4 is 5.73 Å². The summed E-state index contributed by atoms with van der Waals surface area (Å²) in [5.74, 6) is 0. The van der Waals surface area contributed by atoms with E-state index in [4.69, 9.17) is 5.73 Å². The van der Waals surface area contributed by atoms with E-state index in [1.165, 1.54) is 20.5 Å². The maximum absolute atomic E-state index is 5.82. The molecule has 0 radical (unpaired) electrons. The van der Waals surface area contributed by atoms with E-state index in [0.29, 0.717) is 0 Å². The Labute approximate surface area is 88.6 Å². The second-order valence-electron chi connectivity index (χ2n) is 3.83. The predicted octanol–water partition coefficient (Wildman–Crippen LogP) is 3.10. The molecule has 0 amide bonds. The Morgan fingerprint density at radius 1 is 1.36 bits per heavy atom. The lowest BCUT2D eigenvalue weighted by Crippen LogP contribution is -2.17. The SMILES string of the molecule is Cc1c(CC(C)N)sc2ccccc12. The molecule has 1 atom stereocenters. The number of benzene rings is 1. The van der Waals surface area contributed by atoms with Crippen LogP contribution in [0, 0.1) is 6.92 Å². The molecule has 0 aliphatic rings. The van der Waals surface area contributed by atoms with Gasteiger partial charge in [-0.3, -0.25) is 0 Å². The number of hydrogen-bond donors (Lipinski definition) is 1. The van der Waals surface area contributed by atoms with Gasteiger partial charge < -0.3 is 5.73 Å². The van der Waals surface area contributed by atoms with Crippen LogP contribution in [0.4, 0.5) is 0 Å². The number of rotatable bonds is 2. The highest BCUT2D eigenvalue weighted by molar-refractivity contribution is 7.19. The zero-order valence-corrected chi connectivity index (χ0v) is 9.40. The highest BCUT2D eigenvalue weighted by Crippen LogP contribution is 2.30. The Morgan fingerprint density at radius 2 is 2.07 bits per heavy atom. The van der Waals surface area contributed by atoms with Crippen molar-refractivity contribution in [3.05, 3.63) is 34.7 Å². The van der Waals surface area contributed by atoms with Gasteiger partial charge in [-0.05, 0) is 37.3 Å². The third-order valence-electron chi connectivity index (χ3n) is 2.45. The molecule has 0 aliphatic heterocycles. The number of hydrogen-bond acceptors (Lipinski definition) is 2. The molecule has 0 fully saturated rings. The molecule has 74 valence electrons. The van der Waals surface area contributed by atoms with E-state index >= 15 is 0 Å². The Balaban J connectivity index is 2.51. The van der Waals surface area contributed by atoms with Crippen molar-refractivity contribution in [2.75, 3.05) is 0 Å². The fraction of sp³-hybridized carbons (Fsp3) is 0.333. The van der Waals surface area contributed by atoms with Crippen LogP contribution in [-0.2, 0) is 6.42 Å². The molecule has 0 bridgehead atoms. The van der Waals surface area contributed by atoms with Gasteiger partial charge in [-0.25, -0.2) is 0 Å². The largest absolute Gasteiger partial charge is 0.328 e. The summed E-state index contributed by atoms with van der Waals surface area (Å²) in [5, 5.41) is 1.38. The normalized spacial score (nSPS) is 13.4. The van der Waals surface area contributed by atoms with Crippen LogP contribution in [0.3, 0.4) is 0 Å². The minimum absolute atomic E-state index is 0.252. The second-order valence-corrected chi connectivity index (χ2v) is 4.96. The van der Waals surface area contributed by atoms with Gasteiger partial charge in [0.15, 0.2) is 0 Å². The summed E-state index contributed by atoms with van der Waals surface area (Å²) in [7, 11) is 0. The number of thiophene rings is 1. The van der Waals surface area contributed by atoms with Crippen LogP contribution in [-0.4, -0.2) is 6.04 Å². The topological polar surface area (TPSA) is 26.0 Å². The highest BCUT2D eigenvalue weighted by Gasteiger charge is 2.08. The van der Waals surface area contributed by atoms with Gasteiger partial charge in [0.25, 0.3) is 0 Å². The summed E-state index contributed by atoms with van der Waals surface area (Å²) in [6, 6.07) is 8.80. The molecular weight excluding hydrogens is 190 g/mol. The van der Waals surface area contributed by atoms with Crippen molar-refractivity contribution in [1.29, 1.82) is 0 Å². The van der Waals surface area contributed by atoms with Gasteiger partial charge >= 0.3 is 0 Å². The Hall–Kier alpha value is -0.860. The minimum atomic E-state index is 0.252. The fourth-order valence-corrected chi connectivity index (χ4v) is 3.06. The molecule has 2 N–H and O–H groups in total. The first-order valence-electron chi connectivity index (χ1n) is 4.91. The minimum Gasteiger partial charge on any atom is -0.328 e. The zero-order valence-electron chi connectivity index (χ0n) is 8.58. The van der Waals surface area contributed by atoms with Gasteiger partial charge in [0.05, 0.1) is 0 Å². The van der Waals surface area contributed by atoms with Crippen molar-refractivity contribution in [2.45, 2.75) is 26.3 Å². The van der Waals surface area contributed by atoms with E-state index in [0.717, 1.165) is 6.42 Å². The van der Waals surface area contributed by atoms with Gasteiger partial charge in [0.1, 0.15) is 0 Å². The van der Waals surface area contributed by atoms with Gasteiger partial charge in [-0.2, -0.15) is 0 Å². The molecular formula is C12H15NS. The van der Waals surface area contributed by atoms with Crippen LogP contribution in [0.15, 0.2) is 24.3 Å². The van der Waals surface area contributed by atoms with Crippen LogP contribution in [0.2, 0.25) is 0 Å². The number of nitrogens with two attached hydrogens (primary N) is 1. The average molecular weight is 205 g/mol. The summed E-state index contributed by atoms with van der Waals surface area (Å²) < 4.78 is 1.38. The highest BCUT2D eigenvalue weighted by atomic mass is 32.1. The van der Waals surface area contributed by atoms with E-state index in [1.54, 1.807) is 0 Å². The molecule has 0 aliphatic carbocycles. The first-order chi connectivity index (χ1) is 6.68. The van der Waals surface area contributed by atoms with Crippen molar-refractivity contribution < 1.29 is 0 Å². The van der Waals surface area contributed by atoms with Crippen LogP contribution in [0.1, 0.15) is 17.4 Å². The van der Waals surface area contributed by atoms with Crippen molar-refractivity contribution in [3.63, 3.8) is 0 Å². The maximum atomic E-state index is 5.82. The summed E-state index contributed by atoms with van der Waals surface area (Å²) >= 11 is 1.87. The molecule has 1 nitrogen and oxygen atoms in total. The molecule has 1 aromatic carbocycles. The monoisotopic (exact) mass is 205 g/mol. The first kappa shape index (κ1) is 9.69. The van der Waals surface area contributed by atoms with Crippen LogP contribution >= 0.6 is 11.3 Å². The Morgan fingerprint density at radius 3 is 2.71 bits per heavy atom. The maximum Gasteiger partial charge on any atom is 0.0348 e. The smallest absolute Gasteiger partial charge is 0.0348 e. The molecule has 0 spiro atoms. The van der Waals surface area contributed by atoms with Gasteiger partial charge in [0.2, 0.25) is 0 Å². The Kier molecular flexibility index (Phi) is 2.57. The number of aryl methyl sites for hydroxylation is 1.